The lowest BCUT2D eigenvalue weighted by molar-refractivity contribution is -0.137. The fraction of sp³-hybridized carbons (Fsp3) is 0.818. The van der Waals surface area contributed by atoms with Crippen LogP contribution in [-0.2, 0) is 15.0 Å². The molecule has 2 amide bonds. The molecule has 0 aliphatic carbocycles. The van der Waals surface area contributed by atoms with Gasteiger partial charge in [0.2, 0.25) is 0 Å². The summed E-state index contributed by atoms with van der Waals surface area (Å²) in [6.07, 6.45) is -0.241. The van der Waals surface area contributed by atoms with Crippen LogP contribution in [0.15, 0.2) is 0 Å². The maximum Gasteiger partial charge on any atom is 0.317 e. The number of urea groups is 1. The zero-order chi connectivity index (χ0) is 16.0. The molecular weight excluding hydrogens is 300 g/mol. The first-order chi connectivity index (χ1) is 9.78. The van der Waals surface area contributed by atoms with E-state index in [9.17, 15) is 18.0 Å². The Balaban J connectivity index is 2.55. The van der Waals surface area contributed by atoms with Crippen molar-refractivity contribution in [3.63, 3.8) is 0 Å². The summed E-state index contributed by atoms with van der Waals surface area (Å²) in [5.41, 5.74) is 0. The second kappa shape index (κ2) is 7.57. The van der Waals surface area contributed by atoms with E-state index < -0.39 is 16.2 Å². The van der Waals surface area contributed by atoms with E-state index in [0.29, 0.717) is 19.6 Å². The fourth-order valence-corrected chi connectivity index (χ4v) is 3.29. The molecule has 1 rings (SSSR count). The number of nitrogens with one attached hydrogen (secondary N) is 1. The van der Waals surface area contributed by atoms with Crippen LogP contribution in [-0.4, -0.2) is 85.4 Å². The van der Waals surface area contributed by atoms with Crippen LogP contribution in [0.4, 0.5) is 4.79 Å². The SMILES string of the molecule is CCNC(=O)N1CCN(S(=O)(=O)N(C)CCC(=O)O)CC1. The number of hydrogen-bond donors (Lipinski definition) is 2. The molecule has 0 bridgehead atoms. The average molecular weight is 322 g/mol. The normalized spacial score (nSPS) is 17.0. The van der Waals surface area contributed by atoms with Crippen molar-refractivity contribution in [2.75, 3.05) is 46.3 Å². The molecule has 10 heteroatoms. The fourth-order valence-electron chi connectivity index (χ4n) is 1.95. The third-order valence-electron chi connectivity index (χ3n) is 3.21. The first kappa shape index (κ1) is 17.7. The van der Waals surface area contributed by atoms with Crippen LogP contribution < -0.4 is 5.32 Å². The van der Waals surface area contributed by atoms with E-state index in [-0.39, 0.29) is 32.1 Å². The monoisotopic (exact) mass is 322 g/mol. The Morgan fingerprint density at radius 3 is 2.29 bits per heavy atom. The van der Waals surface area contributed by atoms with Crippen LogP contribution in [0.5, 0.6) is 0 Å². The minimum atomic E-state index is -3.67. The lowest BCUT2D eigenvalue weighted by atomic mass is 10.4. The summed E-state index contributed by atoms with van der Waals surface area (Å²) in [4.78, 5) is 23.7. The molecule has 1 fully saturated rings. The molecule has 0 unspecified atom stereocenters. The van der Waals surface area contributed by atoms with Crippen molar-refractivity contribution in [1.29, 1.82) is 0 Å². The van der Waals surface area contributed by atoms with Crippen molar-refractivity contribution in [1.82, 2.24) is 18.8 Å². The largest absolute Gasteiger partial charge is 0.481 e. The highest BCUT2D eigenvalue weighted by atomic mass is 32.2. The van der Waals surface area contributed by atoms with Crippen LogP contribution >= 0.6 is 0 Å². The highest BCUT2D eigenvalue weighted by Crippen LogP contribution is 2.11. The lowest BCUT2D eigenvalue weighted by Gasteiger charge is -2.35. The highest BCUT2D eigenvalue weighted by molar-refractivity contribution is 7.86. The predicted molar refractivity (Wildman–Crippen MR) is 76.0 cm³/mol. The molecule has 0 spiro atoms. The zero-order valence-electron chi connectivity index (χ0n) is 12.3. The van der Waals surface area contributed by atoms with E-state index in [4.69, 9.17) is 5.11 Å². The molecule has 1 saturated heterocycles. The van der Waals surface area contributed by atoms with Crippen LogP contribution in [0.1, 0.15) is 13.3 Å². The molecule has 0 atom stereocenters. The number of carboxylic acid groups (broad SMARTS) is 1. The van der Waals surface area contributed by atoms with Gasteiger partial charge in [-0.1, -0.05) is 0 Å². The number of aliphatic carboxylic acids is 1. The summed E-state index contributed by atoms with van der Waals surface area (Å²) in [6.45, 7) is 3.31. The van der Waals surface area contributed by atoms with Gasteiger partial charge in [-0.15, -0.1) is 0 Å². The van der Waals surface area contributed by atoms with Crippen LogP contribution in [0, 0.1) is 0 Å². The molecule has 2 N–H and O–H groups in total. The van der Waals surface area contributed by atoms with Crippen LogP contribution in [0.2, 0.25) is 0 Å². The van der Waals surface area contributed by atoms with Crippen molar-refractivity contribution < 1.29 is 23.1 Å². The molecule has 1 heterocycles. The Morgan fingerprint density at radius 1 is 1.24 bits per heavy atom. The topological polar surface area (TPSA) is 110 Å². The van der Waals surface area contributed by atoms with Gasteiger partial charge in [0.25, 0.3) is 10.2 Å². The van der Waals surface area contributed by atoms with E-state index in [1.165, 1.54) is 11.4 Å². The van der Waals surface area contributed by atoms with Crippen molar-refractivity contribution in [2.45, 2.75) is 13.3 Å². The van der Waals surface area contributed by atoms with Gasteiger partial charge >= 0.3 is 12.0 Å². The molecule has 122 valence electrons. The summed E-state index contributed by atoms with van der Waals surface area (Å²) >= 11 is 0. The maximum atomic E-state index is 12.2. The summed E-state index contributed by atoms with van der Waals surface area (Å²) < 4.78 is 26.8. The van der Waals surface area contributed by atoms with Crippen molar-refractivity contribution in [2.24, 2.45) is 0 Å². The standard InChI is InChI=1S/C11H22N4O5S/c1-3-12-11(18)14-6-8-15(9-7-14)21(19,20)13(2)5-4-10(16)17/h3-9H2,1-2H3,(H,12,18)(H,16,17). The second-order valence-electron chi connectivity index (χ2n) is 4.69. The maximum absolute atomic E-state index is 12.2. The van der Waals surface area contributed by atoms with E-state index >= 15 is 0 Å². The van der Waals surface area contributed by atoms with E-state index in [1.807, 2.05) is 6.92 Å². The number of amides is 2. The minimum absolute atomic E-state index is 0.0752. The molecule has 0 saturated carbocycles. The van der Waals surface area contributed by atoms with Gasteiger partial charge < -0.3 is 15.3 Å². The third-order valence-corrected chi connectivity index (χ3v) is 5.20. The number of carboxylic acids is 1. The molecule has 0 aromatic heterocycles. The van der Waals surface area contributed by atoms with Gasteiger partial charge in [-0.25, -0.2) is 4.79 Å². The average Bonchev–Trinajstić information content (AvgIpc) is 2.45. The molecule has 9 nitrogen and oxygen atoms in total. The Hall–Kier alpha value is -1.39. The number of hydrogen-bond acceptors (Lipinski definition) is 4. The van der Waals surface area contributed by atoms with Crippen LogP contribution in [0.25, 0.3) is 0 Å². The Morgan fingerprint density at radius 2 is 1.81 bits per heavy atom. The van der Waals surface area contributed by atoms with Gasteiger partial charge in [0.1, 0.15) is 0 Å². The van der Waals surface area contributed by atoms with Gasteiger partial charge in [0, 0.05) is 46.3 Å². The predicted octanol–water partition coefficient (Wildman–Crippen LogP) is -1.02. The smallest absolute Gasteiger partial charge is 0.317 e. The molecule has 21 heavy (non-hydrogen) atoms. The van der Waals surface area contributed by atoms with Crippen molar-refractivity contribution >= 4 is 22.2 Å². The Kier molecular flexibility index (Phi) is 6.37. The van der Waals surface area contributed by atoms with Crippen LogP contribution in [0.3, 0.4) is 0 Å². The summed E-state index contributed by atoms with van der Waals surface area (Å²) in [5, 5.41) is 11.3. The summed E-state index contributed by atoms with van der Waals surface area (Å²) in [7, 11) is -2.32. The number of rotatable bonds is 6. The Bertz CT molecular complexity index is 473. The molecule has 0 aromatic rings. The van der Waals surface area contributed by atoms with Gasteiger partial charge in [0.15, 0.2) is 0 Å². The van der Waals surface area contributed by atoms with Gasteiger partial charge in [-0.2, -0.15) is 17.0 Å². The summed E-state index contributed by atoms with van der Waals surface area (Å²) in [5.74, 6) is -1.04. The van der Waals surface area contributed by atoms with Gasteiger partial charge in [0.05, 0.1) is 6.42 Å². The molecule has 1 aliphatic rings. The number of carbonyl (C=O) groups excluding carboxylic acids is 1. The molecular formula is C11H22N4O5S. The summed E-state index contributed by atoms with van der Waals surface area (Å²) in [6, 6.07) is -0.200. The highest BCUT2D eigenvalue weighted by Gasteiger charge is 2.31. The van der Waals surface area contributed by atoms with Gasteiger partial charge in [-0.05, 0) is 6.92 Å². The zero-order valence-corrected chi connectivity index (χ0v) is 13.1. The molecule has 0 radical (unpaired) electrons. The first-order valence-corrected chi connectivity index (χ1v) is 8.14. The lowest BCUT2D eigenvalue weighted by Crippen LogP contribution is -2.55. The molecule has 0 aromatic carbocycles. The minimum Gasteiger partial charge on any atom is -0.481 e. The van der Waals surface area contributed by atoms with E-state index in [2.05, 4.69) is 5.32 Å². The second-order valence-corrected chi connectivity index (χ2v) is 6.73. The van der Waals surface area contributed by atoms with Crippen molar-refractivity contribution in [3.05, 3.63) is 0 Å². The van der Waals surface area contributed by atoms with Crippen molar-refractivity contribution in [3.8, 4) is 0 Å². The Labute approximate surface area is 124 Å². The van der Waals surface area contributed by atoms with E-state index in [1.54, 1.807) is 4.90 Å². The number of nitrogens with zero attached hydrogens (tertiary/aromatic N) is 3. The number of piperazine rings is 1. The first-order valence-electron chi connectivity index (χ1n) is 6.75. The quantitative estimate of drug-likeness (QED) is 0.651. The number of carbonyl (C=O) groups is 2. The molecule has 1 aliphatic heterocycles. The van der Waals surface area contributed by atoms with Gasteiger partial charge in [-0.3, -0.25) is 4.79 Å². The third kappa shape index (κ3) is 4.83. The van der Waals surface area contributed by atoms with E-state index in [0.717, 1.165) is 4.31 Å².